The van der Waals surface area contributed by atoms with E-state index in [-0.39, 0.29) is 5.69 Å². The Morgan fingerprint density at radius 2 is 1.77 bits per heavy atom. The van der Waals surface area contributed by atoms with Gasteiger partial charge in [-0.1, -0.05) is 30.3 Å². The van der Waals surface area contributed by atoms with Gasteiger partial charge in [-0.25, -0.2) is 9.18 Å². The maximum Gasteiger partial charge on any atom is 0.351 e. The molecule has 0 unspecified atom stereocenters. The molecule has 0 aliphatic carbocycles. The summed E-state index contributed by atoms with van der Waals surface area (Å²) >= 11 is 0. The van der Waals surface area contributed by atoms with Crippen molar-refractivity contribution in [2.24, 2.45) is 7.05 Å². The molecule has 0 spiro atoms. The summed E-state index contributed by atoms with van der Waals surface area (Å²) in [6.07, 6.45) is 0. The molecule has 0 saturated heterocycles. The van der Waals surface area contributed by atoms with Crippen LogP contribution in [-0.2, 0) is 13.6 Å². The van der Waals surface area contributed by atoms with Gasteiger partial charge in [0.15, 0.2) is 0 Å². The Bertz CT molecular complexity index is 1140. The second-order valence-electron chi connectivity index (χ2n) is 6.86. The SMILES string of the molecule is CN(CCNC(=O)c1nn(-c2ccc(F)cc2)c(=O)n(C)c1=O)Cc1ccccc1. The fraction of sp³-hybridized carbons (Fsp3) is 0.238. The molecule has 1 aromatic heterocycles. The molecule has 1 heterocycles. The number of nitrogens with one attached hydrogen (secondary N) is 1. The number of hydrogen-bond acceptors (Lipinski definition) is 5. The van der Waals surface area contributed by atoms with E-state index < -0.39 is 28.7 Å². The molecule has 0 radical (unpaired) electrons. The van der Waals surface area contributed by atoms with Gasteiger partial charge in [-0.3, -0.25) is 14.2 Å². The van der Waals surface area contributed by atoms with Crippen molar-refractivity contribution in [2.75, 3.05) is 20.1 Å². The molecule has 8 nitrogen and oxygen atoms in total. The smallest absolute Gasteiger partial charge is 0.349 e. The van der Waals surface area contributed by atoms with Crippen molar-refractivity contribution >= 4 is 5.91 Å². The van der Waals surface area contributed by atoms with Crippen LogP contribution in [-0.4, -0.2) is 45.3 Å². The monoisotopic (exact) mass is 411 g/mol. The maximum atomic E-state index is 13.2. The molecule has 0 aliphatic heterocycles. The van der Waals surface area contributed by atoms with Crippen molar-refractivity contribution in [1.82, 2.24) is 24.6 Å². The third kappa shape index (κ3) is 4.87. The number of carbonyl (C=O) groups is 1. The topological polar surface area (TPSA) is 89.2 Å². The van der Waals surface area contributed by atoms with Gasteiger partial charge in [0.1, 0.15) is 5.82 Å². The first-order chi connectivity index (χ1) is 14.4. The predicted molar refractivity (Wildman–Crippen MR) is 110 cm³/mol. The Kier molecular flexibility index (Phi) is 6.53. The Labute approximate surface area is 172 Å². The normalized spacial score (nSPS) is 10.9. The van der Waals surface area contributed by atoms with Crippen LogP contribution in [0, 0.1) is 5.82 Å². The molecule has 0 bridgehead atoms. The van der Waals surface area contributed by atoms with Gasteiger partial charge in [0.2, 0.25) is 5.69 Å². The minimum Gasteiger partial charge on any atom is -0.349 e. The highest BCUT2D eigenvalue weighted by molar-refractivity contribution is 5.91. The lowest BCUT2D eigenvalue weighted by Crippen LogP contribution is -2.45. The highest BCUT2D eigenvalue weighted by Gasteiger charge is 2.18. The van der Waals surface area contributed by atoms with Crippen molar-refractivity contribution in [3.05, 3.63) is 92.5 Å². The number of likely N-dealkylation sites (N-methyl/N-ethyl adjacent to an activating group) is 1. The van der Waals surface area contributed by atoms with E-state index >= 15 is 0 Å². The van der Waals surface area contributed by atoms with Crippen LogP contribution in [0.25, 0.3) is 5.69 Å². The van der Waals surface area contributed by atoms with Crippen molar-refractivity contribution in [3.63, 3.8) is 0 Å². The van der Waals surface area contributed by atoms with Gasteiger partial charge in [0.25, 0.3) is 11.5 Å². The summed E-state index contributed by atoms with van der Waals surface area (Å²) in [5.41, 5.74) is -0.548. The maximum absolute atomic E-state index is 13.2. The van der Waals surface area contributed by atoms with E-state index in [2.05, 4.69) is 10.4 Å². The molecule has 0 aliphatic rings. The molecule has 0 fully saturated rings. The number of benzene rings is 2. The number of aromatic nitrogens is 3. The molecule has 1 amide bonds. The molecule has 3 aromatic rings. The first-order valence-corrected chi connectivity index (χ1v) is 9.34. The van der Waals surface area contributed by atoms with Crippen LogP contribution >= 0.6 is 0 Å². The van der Waals surface area contributed by atoms with Crippen LogP contribution in [0.4, 0.5) is 4.39 Å². The molecular weight excluding hydrogens is 389 g/mol. The van der Waals surface area contributed by atoms with Crippen LogP contribution in [0.5, 0.6) is 0 Å². The van der Waals surface area contributed by atoms with Crippen molar-refractivity contribution in [3.8, 4) is 5.69 Å². The van der Waals surface area contributed by atoms with E-state index in [0.29, 0.717) is 19.6 Å². The average Bonchev–Trinajstić information content (AvgIpc) is 2.74. The predicted octanol–water partition coefficient (Wildman–Crippen LogP) is 0.932. The Morgan fingerprint density at radius 1 is 1.10 bits per heavy atom. The third-order valence-electron chi connectivity index (χ3n) is 4.54. The van der Waals surface area contributed by atoms with Crippen molar-refractivity contribution in [2.45, 2.75) is 6.54 Å². The second kappa shape index (κ2) is 9.27. The quantitative estimate of drug-likeness (QED) is 0.625. The van der Waals surface area contributed by atoms with Gasteiger partial charge in [-0.05, 0) is 36.9 Å². The summed E-state index contributed by atoms with van der Waals surface area (Å²) in [4.78, 5) is 39.3. The first kappa shape index (κ1) is 21.1. The van der Waals surface area contributed by atoms with Gasteiger partial charge < -0.3 is 10.2 Å². The highest BCUT2D eigenvalue weighted by atomic mass is 19.1. The fourth-order valence-electron chi connectivity index (χ4n) is 2.88. The number of nitrogens with zero attached hydrogens (tertiary/aromatic N) is 4. The third-order valence-corrected chi connectivity index (χ3v) is 4.54. The molecule has 30 heavy (non-hydrogen) atoms. The minimum atomic E-state index is -0.798. The molecule has 9 heteroatoms. The molecule has 0 atom stereocenters. The molecular formula is C21H22FN5O3. The van der Waals surface area contributed by atoms with Gasteiger partial charge in [-0.15, -0.1) is 0 Å². The number of rotatable bonds is 7. The molecule has 0 saturated carbocycles. The molecule has 2 aromatic carbocycles. The van der Waals surface area contributed by atoms with Gasteiger partial charge in [0.05, 0.1) is 5.69 Å². The zero-order valence-electron chi connectivity index (χ0n) is 16.7. The van der Waals surface area contributed by atoms with Crippen molar-refractivity contribution < 1.29 is 9.18 Å². The summed E-state index contributed by atoms with van der Waals surface area (Å²) in [6.45, 7) is 1.56. The van der Waals surface area contributed by atoms with Crippen molar-refractivity contribution in [1.29, 1.82) is 0 Å². The Hall–Kier alpha value is -3.59. The van der Waals surface area contributed by atoms with E-state index in [1.165, 1.54) is 19.2 Å². The van der Waals surface area contributed by atoms with Crippen LogP contribution in [0.2, 0.25) is 0 Å². The number of carbonyl (C=O) groups excluding carboxylic acids is 1. The summed E-state index contributed by atoms with van der Waals surface area (Å²) in [6, 6.07) is 14.9. The van der Waals surface area contributed by atoms with Gasteiger partial charge >= 0.3 is 5.69 Å². The second-order valence-corrected chi connectivity index (χ2v) is 6.86. The largest absolute Gasteiger partial charge is 0.351 e. The molecule has 3 rings (SSSR count). The van der Waals surface area contributed by atoms with Crippen LogP contribution in [0.3, 0.4) is 0 Å². The lowest BCUT2D eigenvalue weighted by molar-refractivity contribution is 0.0940. The van der Waals surface area contributed by atoms with E-state index in [4.69, 9.17) is 0 Å². The lowest BCUT2D eigenvalue weighted by atomic mass is 10.2. The van der Waals surface area contributed by atoms with Gasteiger partial charge in [0, 0.05) is 26.7 Å². The first-order valence-electron chi connectivity index (χ1n) is 9.34. The standard InChI is InChI=1S/C21H22FN5O3/c1-25(14-15-6-4-3-5-7-15)13-12-23-19(28)18-20(29)26(2)21(30)27(24-18)17-10-8-16(22)9-11-17/h3-11H,12-14H2,1-2H3,(H,23,28). The fourth-order valence-corrected chi connectivity index (χ4v) is 2.88. The van der Waals surface area contributed by atoms with E-state index in [1.807, 2.05) is 42.3 Å². The van der Waals surface area contributed by atoms with Gasteiger partial charge in [-0.2, -0.15) is 9.78 Å². The van der Waals surface area contributed by atoms with Crippen LogP contribution in [0.15, 0.2) is 64.2 Å². The summed E-state index contributed by atoms with van der Waals surface area (Å²) < 4.78 is 14.9. The minimum absolute atomic E-state index is 0.244. The summed E-state index contributed by atoms with van der Waals surface area (Å²) in [5.74, 6) is -1.16. The van der Waals surface area contributed by atoms with E-state index in [9.17, 15) is 18.8 Å². The molecule has 1 N–H and O–H groups in total. The molecule has 156 valence electrons. The number of halogens is 1. The lowest BCUT2D eigenvalue weighted by Gasteiger charge is -2.17. The van der Waals surface area contributed by atoms with E-state index in [1.54, 1.807) is 0 Å². The Morgan fingerprint density at radius 3 is 2.43 bits per heavy atom. The van der Waals surface area contributed by atoms with Crippen LogP contribution < -0.4 is 16.6 Å². The average molecular weight is 411 g/mol. The highest BCUT2D eigenvalue weighted by Crippen LogP contribution is 2.05. The Balaban J connectivity index is 1.71. The zero-order valence-corrected chi connectivity index (χ0v) is 16.7. The van der Waals surface area contributed by atoms with E-state index in [0.717, 1.165) is 26.9 Å². The number of amides is 1. The number of hydrogen-bond donors (Lipinski definition) is 1. The zero-order chi connectivity index (χ0) is 21.7. The summed E-state index contributed by atoms with van der Waals surface area (Å²) in [7, 11) is 3.18. The summed E-state index contributed by atoms with van der Waals surface area (Å²) in [5, 5.41) is 6.58. The van der Waals surface area contributed by atoms with Crippen LogP contribution in [0.1, 0.15) is 16.1 Å².